The van der Waals surface area contributed by atoms with Gasteiger partial charge in [-0.1, -0.05) is 18.2 Å². The van der Waals surface area contributed by atoms with Crippen LogP contribution in [0.5, 0.6) is 0 Å². The second-order valence-corrected chi connectivity index (χ2v) is 7.71. The maximum absolute atomic E-state index is 13.1. The van der Waals surface area contributed by atoms with Crippen molar-refractivity contribution in [3.05, 3.63) is 60.7 Å². The van der Waals surface area contributed by atoms with Gasteiger partial charge in [-0.05, 0) is 18.2 Å². The molecule has 2 amide bonds. The first-order valence-electron chi connectivity index (χ1n) is 10.5. The fourth-order valence-electron chi connectivity index (χ4n) is 4.11. The van der Waals surface area contributed by atoms with Gasteiger partial charge in [0.05, 0.1) is 13.2 Å². The number of carbonyl (C=O) groups excluding carboxylic acids is 2. The zero-order chi connectivity index (χ0) is 21.2. The molecule has 1 atom stereocenters. The quantitative estimate of drug-likeness (QED) is 0.627. The molecule has 2 aromatic heterocycles. The van der Waals surface area contributed by atoms with Crippen LogP contribution in [0, 0.1) is 0 Å². The Morgan fingerprint density at radius 2 is 1.77 bits per heavy atom. The third kappa shape index (κ3) is 3.96. The van der Waals surface area contributed by atoms with Gasteiger partial charge in [-0.2, -0.15) is 0 Å². The molecule has 2 aliphatic heterocycles. The monoisotopic (exact) mass is 420 g/mol. The third-order valence-electron chi connectivity index (χ3n) is 5.80. The summed E-state index contributed by atoms with van der Waals surface area (Å²) in [7, 11) is 0. The maximum Gasteiger partial charge on any atom is 0.274 e. The van der Waals surface area contributed by atoms with Gasteiger partial charge in [0.15, 0.2) is 6.10 Å². The number of piperazine rings is 1. The number of anilines is 1. The molecule has 1 unspecified atom stereocenters. The first kappa shape index (κ1) is 19.5. The van der Waals surface area contributed by atoms with Crippen molar-refractivity contribution in [2.45, 2.75) is 6.10 Å². The van der Waals surface area contributed by atoms with Gasteiger partial charge in [0.2, 0.25) is 5.78 Å². The molecule has 31 heavy (non-hydrogen) atoms. The van der Waals surface area contributed by atoms with Crippen molar-refractivity contribution in [2.75, 3.05) is 50.8 Å². The Bertz CT molecular complexity index is 1040. The molecule has 0 saturated carbocycles. The lowest BCUT2D eigenvalue weighted by Gasteiger charge is -2.39. The number of rotatable bonds is 3. The van der Waals surface area contributed by atoms with E-state index < -0.39 is 6.10 Å². The zero-order valence-corrected chi connectivity index (χ0v) is 17.1. The number of amides is 2. The van der Waals surface area contributed by atoms with Gasteiger partial charge in [-0.3, -0.25) is 14.0 Å². The molecule has 0 aliphatic carbocycles. The minimum atomic E-state index is -0.642. The van der Waals surface area contributed by atoms with E-state index >= 15 is 0 Å². The number of nitrogens with zero attached hydrogens (tertiary/aromatic N) is 6. The van der Waals surface area contributed by atoms with Crippen LogP contribution in [0.15, 0.2) is 55.0 Å². The minimum absolute atomic E-state index is 0.0538. The minimum Gasteiger partial charge on any atom is -0.368 e. The normalized spacial score (nSPS) is 19.6. The van der Waals surface area contributed by atoms with E-state index in [-0.39, 0.29) is 18.4 Å². The summed E-state index contributed by atoms with van der Waals surface area (Å²) in [6.45, 7) is 3.83. The molecule has 0 spiro atoms. The molecule has 160 valence electrons. The van der Waals surface area contributed by atoms with Crippen LogP contribution in [0.25, 0.3) is 5.78 Å². The van der Waals surface area contributed by atoms with Gasteiger partial charge >= 0.3 is 0 Å². The molecule has 9 nitrogen and oxygen atoms in total. The first-order chi connectivity index (χ1) is 15.2. The van der Waals surface area contributed by atoms with Crippen molar-refractivity contribution in [3.8, 4) is 0 Å². The van der Waals surface area contributed by atoms with E-state index in [0.717, 1.165) is 13.1 Å². The number of aromatic nitrogens is 3. The first-order valence-corrected chi connectivity index (χ1v) is 10.5. The third-order valence-corrected chi connectivity index (χ3v) is 5.80. The summed E-state index contributed by atoms with van der Waals surface area (Å²) < 4.78 is 7.45. The van der Waals surface area contributed by atoms with Gasteiger partial charge in [0.1, 0.15) is 5.69 Å². The Labute approximate surface area is 179 Å². The Morgan fingerprint density at radius 1 is 0.968 bits per heavy atom. The highest BCUT2D eigenvalue weighted by Gasteiger charge is 2.34. The largest absolute Gasteiger partial charge is 0.368 e. The van der Waals surface area contributed by atoms with E-state index in [4.69, 9.17) is 4.74 Å². The fourth-order valence-corrected chi connectivity index (χ4v) is 4.11. The van der Waals surface area contributed by atoms with Crippen LogP contribution in [-0.2, 0) is 9.53 Å². The van der Waals surface area contributed by atoms with E-state index in [1.54, 1.807) is 34.0 Å². The maximum atomic E-state index is 13.1. The van der Waals surface area contributed by atoms with Gasteiger partial charge < -0.3 is 19.4 Å². The van der Waals surface area contributed by atoms with Crippen LogP contribution in [0.3, 0.4) is 0 Å². The highest BCUT2D eigenvalue weighted by molar-refractivity contribution is 5.93. The number of para-hydroxylation sites is 1. The summed E-state index contributed by atoms with van der Waals surface area (Å²) in [5, 5.41) is 0. The van der Waals surface area contributed by atoms with Gasteiger partial charge in [0.25, 0.3) is 11.8 Å². The van der Waals surface area contributed by atoms with Crippen molar-refractivity contribution in [1.29, 1.82) is 0 Å². The number of fused-ring (bicyclic) bond motifs is 1. The second kappa shape index (κ2) is 8.35. The van der Waals surface area contributed by atoms with Crippen LogP contribution in [0.4, 0.5) is 5.69 Å². The number of hydrogen-bond acceptors (Lipinski definition) is 6. The highest BCUT2D eigenvalue weighted by atomic mass is 16.5. The van der Waals surface area contributed by atoms with E-state index in [9.17, 15) is 9.59 Å². The molecule has 9 heteroatoms. The molecule has 4 heterocycles. The van der Waals surface area contributed by atoms with Crippen molar-refractivity contribution in [3.63, 3.8) is 0 Å². The average molecular weight is 420 g/mol. The van der Waals surface area contributed by atoms with E-state index in [1.165, 1.54) is 5.69 Å². The number of imidazole rings is 1. The molecule has 1 aromatic carbocycles. The molecule has 0 N–H and O–H groups in total. The molecule has 2 saturated heterocycles. The average Bonchev–Trinajstić information content (AvgIpc) is 3.28. The molecule has 3 aromatic rings. The number of morpholine rings is 1. The molecular weight excluding hydrogens is 396 g/mol. The summed E-state index contributed by atoms with van der Waals surface area (Å²) in [6.07, 6.45) is 4.46. The van der Waals surface area contributed by atoms with Crippen LogP contribution in [0.1, 0.15) is 10.5 Å². The van der Waals surface area contributed by atoms with E-state index in [0.29, 0.717) is 37.7 Å². The fraction of sp³-hybridized carbons (Fsp3) is 0.364. The van der Waals surface area contributed by atoms with Crippen LogP contribution >= 0.6 is 0 Å². The Balaban J connectivity index is 1.21. The zero-order valence-electron chi connectivity index (χ0n) is 17.1. The summed E-state index contributed by atoms with van der Waals surface area (Å²) in [5.41, 5.74) is 1.49. The smallest absolute Gasteiger partial charge is 0.274 e. The SMILES string of the molecule is O=C(c1cn2cccnc2n1)N1CCOC(C(=O)N2CCN(c3ccccc3)CC2)C1. The van der Waals surface area contributed by atoms with Crippen molar-refractivity contribution >= 4 is 23.3 Å². The van der Waals surface area contributed by atoms with Gasteiger partial charge in [-0.15, -0.1) is 0 Å². The molecule has 2 fully saturated rings. The Morgan fingerprint density at radius 3 is 2.55 bits per heavy atom. The van der Waals surface area contributed by atoms with Crippen molar-refractivity contribution in [1.82, 2.24) is 24.2 Å². The second-order valence-electron chi connectivity index (χ2n) is 7.71. The van der Waals surface area contributed by atoms with Gasteiger partial charge in [0, 0.05) is 57.0 Å². The molecule has 0 bridgehead atoms. The van der Waals surface area contributed by atoms with Crippen LogP contribution in [-0.4, -0.2) is 88.0 Å². The van der Waals surface area contributed by atoms with Crippen molar-refractivity contribution in [2.24, 2.45) is 0 Å². The number of ether oxygens (including phenoxy) is 1. The van der Waals surface area contributed by atoms with Crippen LogP contribution < -0.4 is 4.90 Å². The lowest BCUT2D eigenvalue weighted by atomic mass is 10.2. The summed E-state index contributed by atoms with van der Waals surface area (Å²) in [5.74, 6) is 0.213. The number of benzene rings is 1. The van der Waals surface area contributed by atoms with Gasteiger partial charge in [-0.25, -0.2) is 9.97 Å². The predicted molar refractivity (Wildman–Crippen MR) is 114 cm³/mol. The van der Waals surface area contributed by atoms with Crippen molar-refractivity contribution < 1.29 is 14.3 Å². The number of carbonyl (C=O) groups is 2. The molecule has 5 rings (SSSR count). The standard InChI is InChI=1S/C22H24N6O3/c29-20(18-15-28-8-4-7-23-22(28)24-18)27-13-14-31-19(16-27)21(30)26-11-9-25(10-12-26)17-5-2-1-3-6-17/h1-8,15,19H,9-14,16H2. The predicted octanol–water partition coefficient (Wildman–Crippen LogP) is 0.919. The molecule has 2 aliphatic rings. The van der Waals surface area contributed by atoms with Crippen LogP contribution in [0.2, 0.25) is 0 Å². The molecular formula is C22H24N6O3. The number of hydrogen-bond donors (Lipinski definition) is 0. The summed E-state index contributed by atoms with van der Waals surface area (Å²) in [4.78, 5) is 40.2. The lowest BCUT2D eigenvalue weighted by molar-refractivity contribution is -0.148. The Kier molecular flexibility index (Phi) is 5.25. The highest BCUT2D eigenvalue weighted by Crippen LogP contribution is 2.18. The summed E-state index contributed by atoms with van der Waals surface area (Å²) in [6, 6.07) is 12.0. The summed E-state index contributed by atoms with van der Waals surface area (Å²) >= 11 is 0. The topological polar surface area (TPSA) is 83.3 Å². The Hall–Kier alpha value is -3.46. The van der Waals surface area contributed by atoms with E-state index in [1.807, 2.05) is 23.1 Å². The van der Waals surface area contributed by atoms with E-state index in [2.05, 4.69) is 27.0 Å². The molecule has 0 radical (unpaired) electrons. The lowest BCUT2D eigenvalue weighted by Crippen LogP contribution is -2.56.